The Morgan fingerprint density at radius 1 is 1.33 bits per heavy atom. The van der Waals surface area contributed by atoms with Crippen molar-refractivity contribution in [3.8, 4) is 5.75 Å². The van der Waals surface area contributed by atoms with Crippen molar-refractivity contribution >= 4 is 34.7 Å². The highest BCUT2D eigenvalue weighted by atomic mass is 32.2. The Kier molecular flexibility index (Phi) is 5.93. The zero-order valence-corrected chi connectivity index (χ0v) is 14.0. The summed E-state index contributed by atoms with van der Waals surface area (Å²) in [6.07, 6.45) is 1.98. The van der Waals surface area contributed by atoms with E-state index >= 15 is 0 Å². The van der Waals surface area contributed by atoms with Crippen molar-refractivity contribution in [1.29, 1.82) is 0 Å². The Morgan fingerprint density at radius 3 is 2.71 bits per heavy atom. The maximum atomic E-state index is 12.3. The number of ether oxygens (including phenoxy) is 2. The van der Waals surface area contributed by atoms with Crippen LogP contribution in [-0.4, -0.2) is 48.3 Å². The molecule has 0 saturated carbocycles. The molecule has 24 heavy (non-hydrogen) atoms. The Hall–Kier alpha value is -2.39. The van der Waals surface area contributed by atoms with E-state index in [9.17, 15) is 19.7 Å². The van der Waals surface area contributed by atoms with E-state index in [1.165, 1.54) is 31.4 Å². The number of hydrogen-bond donors (Lipinski definition) is 0. The summed E-state index contributed by atoms with van der Waals surface area (Å²) < 4.78 is 10.1. The van der Waals surface area contributed by atoms with Gasteiger partial charge in [0.2, 0.25) is 0 Å². The number of rotatable bonds is 7. The van der Waals surface area contributed by atoms with Gasteiger partial charge in [0.05, 0.1) is 16.9 Å². The number of methoxy groups -OCH3 is 2. The number of carbonyl (C=O) groups excluding carboxylic acids is 2. The molecule has 9 heteroatoms. The molecule has 0 spiro atoms. The molecule has 1 saturated heterocycles. The van der Waals surface area contributed by atoms with Gasteiger partial charge in [0.15, 0.2) is 0 Å². The number of nitro groups is 1. The van der Waals surface area contributed by atoms with E-state index in [1.807, 2.05) is 0 Å². The van der Waals surface area contributed by atoms with Gasteiger partial charge < -0.3 is 9.47 Å². The van der Waals surface area contributed by atoms with E-state index in [4.69, 9.17) is 9.47 Å². The molecule has 0 unspecified atom stereocenters. The minimum atomic E-state index is -0.534. The molecule has 8 nitrogen and oxygen atoms in total. The van der Waals surface area contributed by atoms with Crippen LogP contribution in [0, 0.1) is 10.1 Å². The van der Waals surface area contributed by atoms with Crippen molar-refractivity contribution in [1.82, 2.24) is 4.90 Å². The van der Waals surface area contributed by atoms with E-state index in [2.05, 4.69) is 0 Å². The van der Waals surface area contributed by atoms with E-state index in [0.29, 0.717) is 24.3 Å². The fourth-order valence-corrected chi connectivity index (χ4v) is 3.01. The van der Waals surface area contributed by atoms with Gasteiger partial charge >= 0.3 is 0 Å². The van der Waals surface area contributed by atoms with Crippen molar-refractivity contribution in [2.75, 3.05) is 27.4 Å². The Morgan fingerprint density at radius 2 is 2.08 bits per heavy atom. The molecular formula is C15H16N2O6S. The highest BCUT2D eigenvalue weighted by Gasteiger charge is 2.34. The van der Waals surface area contributed by atoms with E-state index in [-0.39, 0.29) is 22.4 Å². The standard InChI is InChI=1S/C15H16N2O6S/c1-22-7-3-6-16-14(18)13(24-15(16)19)9-10-8-11(17(20)21)4-5-12(10)23-2/h4-5,8-9H,3,6-7H2,1-2H3/b13-9+. The summed E-state index contributed by atoms with van der Waals surface area (Å²) in [5, 5.41) is 10.5. The van der Waals surface area contributed by atoms with Gasteiger partial charge in [0, 0.05) is 38.0 Å². The van der Waals surface area contributed by atoms with Gasteiger partial charge in [-0.05, 0) is 30.3 Å². The van der Waals surface area contributed by atoms with Crippen LogP contribution in [0.1, 0.15) is 12.0 Å². The van der Waals surface area contributed by atoms with E-state index in [1.54, 1.807) is 7.11 Å². The summed E-state index contributed by atoms with van der Waals surface area (Å²) in [5.41, 5.74) is 0.246. The summed E-state index contributed by atoms with van der Waals surface area (Å²) in [6.45, 7) is 0.710. The van der Waals surface area contributed by atoms with Crippen LogP contribution in [0.3, 0.4) is 0 Å². The zero-order chi connectivity index (χ0) is 17.7. The number of carbonyl (C=O) groups is 2. The van der Waals surface area contributed by atoms with Crippen molar-refractivity contribution in [3.63, 3.8) is 0 Å². The summed E-state index contributed by atoms with van der Waals surface area (Å²) in [5.74, 6) is -0.0403. The predicted octanol–water partition coefficient (Wildman–Crippen LogP) is 2.68. The molecule has 1 aromatic carbocycles. The van der Waals surface area contributed by atoms with Gasteiger partial charge in [-0.25, -0.2) is 0 Å². The molecule has 1 aliphatic heterocycles. The summed E-state index contributed by atoms with van der Waals surface area (Å²) in [7, 11) is 2.97. The van der Waals surface area contributed by atoms with Gasteiger partial charge in [-0.2, -0.15) is 0 Å². The Labute approximate surface area is 142 Å². The first-order valence-electron chi connectivity index (χ1n) is 7.04. The lowest BCUT2D eigenvalue weighted by molar-refractivity contribution is -0.384. The lowest BCUT2D eigenvalue weighted by Gasteiger charge is -2.11. The third-order valence-electron chi connectivity index (χ3n) is 3.31. The minimum absolute atomic E-state index is 0.124. The van der Waals surface area contributed by atoms with Crippen molar-refractivity contribution in [2.24, 2.45) is 0 Å². The number of thioether (sulfide) groups is 1. The van der Waals surface area contributed by atoms with Gasteiger partial charge in [0.1, 0.15) is 5.75 Å². The van der Waals surface area contributed by atoms with Crippen molar-refractivity contribution in [3.05, 3.63) is 38.8 Å². The van der Waals surface area contributed by atoms with Crippen LogP contribution in [0.4, 0.5) is 10.5 Å². The maximum Gasteiger partial charge on any atom is 0.293 e. The predicted molar refractivity (Wildman–Crippen MR) is 88.8 cm³/mol. The molecule has 2 rings (SSSR count). The Balaban J connectivity index is 2.28. The van der Waals surface area contributed by atoms with Crippen LogP contribution in [0.2, 0.25) is 0 Å². The monoisotopic (exact) mass is 352 g/mol. The zero-order valence-electron chi connectivity index (χ0n) is 13.2. The Bertz CT molecular complexity index is 703. The van der Waals surface area contributed by atoms with Gasteiger partial charge in [-0.15, -0.1) is 0 Å². The third-order valence-corrected chi connectivity index (χ3v) is 4.22. The highest BCUT2D eigenvalue weighted by molar-refractivity contribution is 8.18. The first kappa shape index (κ1) is 18.0. The van der Waals surface area contributed by atoms with Crippen LogP contribution >= 0.6 is 11.8 Å². The van der Waals surface area contributed by atoms with E-state index in [0.717, 1.165) is 16.7 Å². The van der Waals surface area contributed by atoms with Crippen molar-refractivity contribution in [2.45, 2.75) is 6.42 Å². The van der Waals surface area contributed by atoms with Crippen LogP contribution in [0.25, 0.3) is 6.08 Å². The minimum Gasteiger partial charge on any atom is -0.496 e. The molecule has 128 valence electrons. The molecule has 0 aliphatic carbocycles. The number of hydrogen-bond acceptors (Lipinski definition) is 7. The average Bonchev–Trinajstić information content (AvgIpc) is 2.82. The molecule has 0 radical (unpaired) electrons. The molecule has 2 amide bonds. The fraction of sp³-hybridized carbons (Fsp3) is 0.333. The average molecular weight is 352 g/mol. The number of nitrogens with zero attached hydrogens (tertiary/aromatic N) is 2. The smallest absolute Gasteiger partial charge is 0.293 e. The maximum absolute atomic E-state index is 12.3. The lowest BCUT2D eigenvalue weighted by Crippen LogP contribution is -2.29. The summed E-state index contributed by atoms with van der Waals surface area (Å²) >= 11 is 0.800. The quantitative estimate of drug-likeness (QED) is 0.322. The van der Waals surface area contributed by atoms with Gasteiger partial charge in [-0.3, -0.25) is 24.6 Å². The molecular weight excluding hydrogens is 336 g/mol. The normalized spacial score (nSPS) is 16.1. The third kappa shape index (κ3) is 3.92. The second kappa shape index (κ2) is 7.93. The first-order chi connectivity index (χ1) is 11.5. The van der Waals surface area contributed by atoms with Crippen LogP contribution in [0.5, 0.6) is 5.75 Å². The molecule has 1 heterocycles. The first-order valence-corrected chi connectivity index (χ1v) is 7.86. The van der Waals surface area contributed by atoms with E-state index < -0.39 is 10.8 Å². The largest absolute Gasteiger partial charge is 0.496 e. The molecule has 0 aromatic heterocycles. The summed E-state index contributed by atoms with van der Waals surface area (Å²) in [6, 6.07) is 4.07. The SMILES string of the molecule is COCCCN1C(=O)S/C(=C/c2cc([N+](=O)[O-])ccc2OC)C1=O. The highest BCUT2D eigenvalue weighted by Crippen LogP contribution is 2.35. The number of imide groups is 1. The number of non-ortho nitro benzene ring substituents is 1. The van der Waals surface area contributed by atoms with Crippen LogP contribution in [-0.2, 0) is 9.53 Å². The number of amides is 2. The van der Waals surface area contributed by atoms with Crippen LogP contribution in [0.15, 0.2) is 23.1 Å². The van der Waals surface area contributed by atoms with Gasteiger partial charge in [0.25, 0.3) is 16.8 Å². The van der Waals surface area contributed by atoms with Gasteiger partial charge in [-0.1, -0.05) is 0 Å². The molecule has 1 aliphatic rings. The number of benzene rings is 1. The van der Waals surface area contributed by atoms with Crippen LogP contribution < -0.4 is 4.74 Å². The summed E-state index contributed by atoms with van der Waals surface area (Å²) in [4.78, 5) is 36.0. The number of nitro benzene ring substituents is 1. The second-order valence-electron chi connectivity index (χ2n) is 4.86. The fourth-order valence-electron chi connectivity index (χ4n) is 2.15. The topological polar surface area (TPSA) is 99.0 Å². The molecule has 0 atom stereocenters. The molecule has 0 bridgehead atoms. The molecule has 1 fully saturated rings. The molecule has 1 aromatic rings. The molecule has 0 N–H and O–H groups in total. The lowest BCUT2D eigenvalue weighted by atomic mass is 10.1. The second-order valence-corrected chi connectivity index (χ2v) is 5.86. The van der Waals surface area contributed by atoms with Crippen molar-refractivity contribution < 1.29 is 24.0 Å².